The number of anilines is 2. The number of rotatable bonds is 12. The van der Waals surface area contributed by atoms with Crippen LogP contribution in [0.25, 0.3) is 0 Å². The number of carbonyl (C=O) groups is 2. The smallest absolute Gasteiger partial charge is 0.303 e. The van der Waals surface area contributed by atoms with Gasteiger partial charge in [-0.2, -0.15) is 0 Å². The van der Waals surface area contributed by atoms with E-state index in [0.29, 0.717) is 48.0 Å². The number of hydrogen-bond donors (Lipinski definition) is 1. The van der Waals surface area contributed by atoms with Gasteiger partial charge in [0, 0.05) is 43.7 Å². The van der Waals surface area contributed by atoms with Crippen LogP contribution in [0.15, 0.2) is 54.7 Å². The summed E-state index contributed by atoms with van der Waals surface area (Å²) in [5.74, 6) is 1.84. The van der Waals surface area contributed by atoms with E-state index in [1.165, 1.54) is 0 Å². The molecule has 2 aromatic heterocycles. The van der Waals surface area contributed by atoms with Crippen molar-refractivity contribution in [2.24, 2.45) is 17.3 Å². The third-order valence-electron chi connectivity index (χ3n) is 8.66. The highest BCUT2D eigenvalue weighted by Crippen LogP contribution is 2.45. The number of carboxylic acid groups (broad SMARTS) is 1. The van der Waals surface area contributed by atoms with Crippen LogP contribution in [0.5, 0.6) is 11.6 Å². The molecule has 1 atom stereocenters. The minimum Gasteiger partial charge on any atom is -0.497 e. The summed E-state index contributed by atoms with van der Waals surface area (Å²) < 4.78 is 11.7. The van der Waals surface area contributed by atoms with Crippen molar-refractivity contribution >= 4 is 23.4 Å². The zero-order chi connectivity index (χ0) is 32.1. The van der Waals surface area contributed by atoms with Gasteiger partial charge in [-0.3, -0.25) is 14.5 Å². The molecular weight excluding hydrogens is 568 g/mol. The molecule has 1 saturated carbocycles. The molecule has 3 aromatic rings. The first-order valence-electron chi connectivity index (χ1n) is 16.0. The number of ether oxygens (including phenoxy) is 2. The van der Waals surface area contributed by atoms with Gasteiger partial charge in [-0.15, -0.1) is 0 Å². The van der Waals surface area contributed by atoms with Crippen LogP contribution in [0, 0.1) is 24.2 Å². The highest BCUT2D eigenvalue weighted by atomic mass is 16.5. The Morgan fingerprint density at radius 3 is 2.47 bits per heavy atom. The fourth-order valence-electron chi connectivity index (χ4n) is 6.16. The van der Waals surface area contributed by atoms with Gasteiger partial charge < -0.3 is 19.5 Å². The lowest BCUT2D eigenvalue weighted by Gasteiger charge is -2.36. The lowest BCUT2D eigenvalue weighted by Crippen LogP contribution is -2.41. The van der Waals surface area contributed by atoms with Gasteiger partial charge in [-0.25, -0.2) is 9.97 Å². The summed E-state index contributed by atoms with van der Waals surface area (Å²) in [7, 11) is 1.64. The summed E-state index contributed by atoms with van der Waals surface area (Å²) in [6.45, 7) is 10.9. The van der Waals surface area contributed by atoms with Crippen molar-refractivity contribution < 1.29 is 24.2 Å². The maximum atomic E-state index is 14.3. The summed E-state index contributed by atoms with van der Waals surface area (Å²) >= 11 is 0. The number of pyridine rings is 2. The van der Waals surface area contributed by atoms with Crippen molar-refractivity contribution in [3.8, 4) is 11.6 Å². The van der Waals surface area contributed by atoms with E-state index in [-0.39, 0.29) is 23.7 Å². The molecular formula is C36H46N4O5. The number of methoxy groups -OCH3 is 1. The predicted octanol–water partition coefficient (Wildman–Crippen LogP) is 6.75. The van der Waals surface area contributed by atoms with Gasteiger partial charge in [0.2, 0.25) is 5.88 Å². The second-order valence-electron chi connectivity index (χ2n) is 13.7. The third kappa shape index (κ3) is 8.53. The summed E-state index contributed by atoms with van der Waals surface area (Å²) in [6, 6.07) is 15.3. The zero-order valence-corrected chi connectivity index (χ0v) is 27.2. The first kappa shape index (κ1) is 32.3. The molecule has 5 rings (SSSR count). The van der Waals surface area contributed by atoms with Crippen LogP contribution in [0.2, 0.25) is 0 Å². The number of amides is 1. The molecule has 9 nitrogen and oxygen atoms in total. The first-order valence-corrected chi connectivity index (χ1v) is 16.0. The summed E-state index contributed by atoms with van der Waals surface area (Å²) in [5, 5.41) is 9.40. The molecule has 240 valence electrons. The Labute approximate surface area is 266 Å². The zero-order valence-electron chi connectivity index (χ0n) is 27.2. The number of aliphatic carboxylic acids is 1. The van der Waals surface area contributed by atoms with Crippen molar-refractivity contribution in [3.05, 3.63) is 71.5 Å². The van der Waals surface area contributed by atoms with Crippen LogP contribution in [-0.4, -0.2) is 60.3 Å². The Morgan fingerprint density at radius 2 is 1.82 bits per heavy atom. The van der Waals surface area contributed by atoms with Crippen LogP contribution in [0.3, 0.4) is 0 Å². The minimum atomic E-state index is -0.771. The van der Waals surface area contributed by atoms with Crippen molar-refractivity contribution in [1.82, 2.24) is 9.97 Å². The summed E-state index contributed by atoms with van der Waals surface area (Å²) in [6.07, 6.45) is 5.82. The molecule has 1 aliphatic heterocycles. The SMILES string of the molecule is COc1ccc(C(=O)N(CC(C)(C)C)c2cccc(C)n2)c(N2CCC(COc3cc(C(CC(=O)O)C4CC4)ccn3)CC2)c1. The third-order valence-corrected chi connectivity index (χ3v) is 8.66. The van der Waals surface area contributed by atoms with Gasteiger partial charge in [0.1, 0.15) is 11.6 Å². The van der Waals surface area contributed by atoms with E-state index in [4.69, 9.17) is 14.5 Å². The van der Waals surface area contributed by atoms with Crippen molar-refractivity contribution in [1.29, 1.82) is 0 Å². The van der Waals surface area contributed by atoms with Crippen LogP contribution >= 0.6 is 0 Å². The Hall–Kier alpha value is -4.14. The van der Waals surface area contributed by atoms with Gasteiger partial charge in [0.15, 0.2) is 0 Å². The molecule has 3 heterocycles. The summed E-state index contributed by atoms with van der Waals surface area (Å²) in [5.41, 5.74) is 3.23. The normalized spacial score (nSPS) is 16.2. The lowest BCUT2D eigenvalue weighted by molar-refractivity contribution is -0.137. The van der Waals surface area contributed by atoms with E-state index in [9.17, 15) is 14.7 Å². The number of carboxylic acids is 1. The highest BCUT2D eigenvalue weighted by Gasteiger charge is 2.34. The van der Waals surface area contributed by atoms with Crippen molar-refractivity contribution in [2.45, 2.75) is 65.7 Å². The van der Waals surface area contributed by atoms with Crippen LogP contribution < -0.4 is 19.3 Å². The second-order valence-corrected chi connectivity index (χ2v) is 13.7. The van der Waals surface area contributed by atoms with Crippen LogP contribution in [-0.2, 0) is 4.79 Å². The fourth-order valence-corrected chi connectivity index (χ4v) is 6.16. The standard InChI is InChI=1S/C36H46N4O5/c1-24-7-6-8-32(38-24)40(23-36(2,3)4)35(43)29-12-11-28(44-5)20-31(29)39-17-14-25(15-18-39)22-45-33-19-27(13-16-37-33)30(21-34(41)42)26-9-10-26/h6-8,11-13,16,19-20,25-26,30H,9-10,14-15,17-18,21-23H2,1-5H3,(H,41,42). The Morgan fingerprint density at radius 1 is 1.07 bits per heavy atom. The Bertz CT molecular complexity index is 1490. The first-order chi connectivity index (χ1) is 21.5. The van der Waals surface area contributed by atoms with E-state index in [1.54, 1.807) is 18.2 Å². The Balaban J connectivity index is 1.28. The van der Waals surface area contributed by atoms with E-state index in [0.717, 1.165) is 55.7 Å². The largest absolute Gasteiger partial charge is 0.497 e. The molecule has 1 unspecified atom stereocenters. The van der Waals surface area contributed by atoms with Gasteiger partial charge in [-0.1, -0.05) is 26.8 Å². The number of aromatic nitrogens is 2. The number of piperidine rings is 1. The van der Waals surface area contributed by atoms with Crippen molar-refractivity contribution in [3.63, 3.8) is 0 Å². The molecule has 0 bridgehead atoms. The molecule has 9 heteroatoms. The molecule has 0 radical (unpaired) electrons. The minimum absolute atomic E-state index is 0.0110. The molecule has 1 aliphatic carbocycles. The average molecular weight is 615 g/mol. The molecule has 1 saturated heterocycles. The molecule has 0 spiro atoms. The summed E-state index contributed by atoms with van der Waals surface area (Å²) in [4.78, 5) is 38.9. The van der Waals surface area contributed by atoms with Gasteiger partial charge in [0.05, 0.1) is 31.4 Å². The maximum absolute atomic E-state index is 14.3. The molecule has 1 aromatic carbocycles. The quantitative estimate of drug-likeness (QED) is 0.239. The number of nitrogens with zero attached hydrogens (tertiary/aromatic N) is 4. The van der Waals surface area contributed by atoms with Gasteiger partial charge in [-0.05, 0) is 91.7 Å². The predicted molar refractivity (Wildman–Crippen MR) is 175 cm³/mol. The second kappa shape index (κ2) is 13.9. The monoisotopic (exact) mass is 614 g/mol. The number of hydrogen-bond acceptors (Lipinski definition) is 7. The average Bonchev–Trinajstić information content (AvgIpc) is 3.86. The topological polar surface area (TPSA) is 105 Å². The van der Waals surface area contributed by atoms with E-state index in [1.807, 2.05) is 55.5 Å². The number of benzene rings is 1. The highest BCUT2D eigenvalue weighted by molar-refractivity contribution is 6.09. The van der Waals surface area contributed by atoms with Gasteiger partial charge >= 0.3 is 5.97 Å². The maximum Gasteiger partial charge on any atom is 0.303 e. The van der Waals surface area contributed by atoms with Crippen molar-refractivity contribution in [2.75, 3.05) is 43.2 Å². The van der Waals surface area contributed by atoms with E-state index in [2.05, 4.69) is 30.7 Å². The molecule has 1 N–H and O–H groups in total. The van der Waals surface area contributed by atoms with Gasteiger partial charge in [0.25, 0.3) is 5.91 Å². The number of aryl methyl sites for hydroxylation is 1. The lowest BCUT2D eigenvalue weighted by atomic mass is 9.92. The van der Waals surface area contributed by atoms with E-state index >= 15 is 0 Å². The van der Waals surface area contributed by atoms with E-state index < -0.39 is 5.97 Å². The number of carbonyl (C=O) groups excluding carboxylic acids is 1. The molecule has 2 fully saturated rings. The fraction of sp³-hybridized carbons (Fsp3) is 0.500. The molecule has 2 aliphatic rings. The Kier molecular flexibility index (Phi) is 9.95. The van der Waals surface area contributed by atoms with Crippen LogP contribution in [0.1, 0.15) is 80.4 Å². The molecule has 1 amide bonds. The van der Waals surface area contributed by atoms with Crippen LogP contribution in [0.4, 0.5) is 11.5 Å². The molecule has 45 heavy (non-hydrogen) atoms.